The second-order valence-corrected chi connectivity index (χ2v) is 10.1. The van der Waals surface area contributed by atoms with Crippen molar-refractivity contribution in [1.82, 2.24) is 10.2 Å². The molecule has 194 valence electrons. The third-order valence-electron chi connectivity index (χ3n) is 6.96. The van der Waals surface area contributed by atoms with Gasteiger partial charge in [-0.2, -0.15) is 0 Å². The molecule has 8 heteroatoms. The summed E-state index contributed by atoms with van der Waals surface area (Å²) >= 11 is 0. The van der Waals surface area contributed by atoms with Crippen molar-refractivity contribution in [2.24, 2.45) is 5.92 Å². The number of piperidine rings is 1. The molecule has 2 aromatic rings. The number of carbonyl (C=O) groups excluding carboxylic acids is 2. The van der Waals surface area contributed by atoms with E-state index in [-0.39, 0.29) is 35.8 Å². The van der Waals surface area contributed by atoms with Crippen LogP contribution in [0.2, 0.25) is 0 Å². The van der Waals surface area contributed by atoms with Crippen molar-refractivity contribution >= 4 is 23.2 Å². The first-order valence-corrected chi connectivity index (χ1v) is 12.8. The molecule has 0 aliphatic carbocycles. The highest BCUT2D eigenvalue weighted by atomic mass is 19.1. The van der Waals surface area contributed by atoms with Crippen LogP contribution >= 0.6 is 0 Å². The molecule has 2 saturated heterocycles. The summed E-state index contributed by atoms with van der Waals surface area (Å²) in [4.78, 5) is 29.5. The third-order valence-corrected chi connectivity index (χ3v) is 6.96. The number of ether oxygens (including phenoxy) is 1. The fourth-order valence-electron chi connectivity index (χ4n) is 4.98. The first-order chi connectivity index (χ1) is 17.3. The van der Waals surface area contributed by atoms with Crippen molar-refractivity contribution in [3.8, 4) is 0 Å². The minimum Gasteiger partial charge on any atom is -0.372 e. The molecule has 2 unspecified atom stereocenters. The maximum absolute atomic E-state index is 13.7. The lowest BCUT2D eigenvalue weighted by atomic mass is 9.95. The normalized spacial score (nSPS) is 21.3. The van der Waals surface area contributed by atoms with Gasteiger partial charge in [-0.3, -0.25) is 14.5 Å². The van der Waals surface area contributed by atoms with Crippen molar-refractivity contribution in [2.75, 3.05) is 42.9 Å². The number of carbonyl (C=O) groups is 2. The average molecular weight is 497 g/mol. The summed E-state index contributed by atoms with van der Waals surface area (Å²) < 4.78 is 19.5. The zero-order chi connectivity index (χ0) is 25.7. The largest absolute Gasteiger partial charge is 0.372 e. The lowest BCUT2D eigenvalue weighted by molar-refractivity contribution is -0.126. The van der Waals surface area contributed by atoms with Gasteiger partial charge in [-0.15, -0.1) is 0 Å². The quantitative estimate of drug-likeness (QED) is 0.611. The van der Waals surface area contributed by atoms with E-state index < -0.39 is 0 Å². The number of benzene rings is 2. The molecular formula is C28H37FN4O3. The molecular weight excluding hydrogens is 459 g/mol. The average Bonchev–Trinajstić information content (AvgIpc) is 2.85. The van der Waals surface area contributed by atoms with E-state index in [1.807, 2.05) is 30.3 Å². The number of morpholine rings is 1. The first-order valence-electron chi connectivity index (χ1n) is 12.8. The SMILES string of the molecule is Cc1ccc(CNC(=O)C2CCN(CC(=O)Nc3ccc(N4CC(C)OC(C)C4)cc3)CC2)cc1F. The van der Waals surface area contributed by atoms with Gasteiger partial charge in [0.15, 0.2) is 0 Å². The van der Waals surface area contributed by atoms with E-state index >= 15 is 0 Å². The van der Waals surface area contributed by atoms with Crippen molar-refractivity contribution in [2.45, 2.75) is 52.4 Å². The van der Waals surface area contributed by atoms with Gasteiger partial charge in [0.1, 0.15) is 5.82 Å². The van der Waals surface area contributed by atoms with Crippen LogP contribution in [0.4, 0.5) is 15.8 Å². The van der Waals surface area contributed by atoms with Crippen LogP contribution in [-0.4, -0.2) is 61.6 Å². The first kappa shape index (κ1) is 26.1. The van der Waals surface area contributed by atoms with Gasteiger partial charge in [-0.1, -0.05) is 12.1 Å². The summed E-state index contributed by atoms with van der Waals surface area (Å²) in [6.07, 6.45) is 1.79. The van der Waals surface area contributed by atoms with Gasteiger partial charge < -0.3 is 20.3 Å². The standard InChI is InChI=1S/C28H37FN4O3/c1-19-4-5-22(14-26(19)29)15-30-28(35)23-10-12-32(13-11-23)18-27(34)31-24-6-8-25(9-7-24)33-16-20(2)36-21(3)17-33/h4-9,14,20-21,23H,10-13,15-18H2,1-3H3,(H,30,35)(H,31,34). The predicted molar refractivity (Wildman–Crippen MR) is 139 cm³/mol. The molecule has 2 heterocycles. The Morgan fingerprint density at radius 1 is 1.03 bits per heavy atom. The molecule has 0 saturated carbocycles. The minimum absolute atomic E-state index is 0.00997. The lowest BCUT2D eigenvalue weighted by Crippen LogP contribution is -2.45. The topological polar surface area (TPSA) is 73.9 Å². The van der Waals surface area contributed by atoms with E-state index in [4.69, 9.17) is 4.74 Å². The zero-order valence-electron chi connectivity index (χ0n) is 21.4. The molecule has 2 N–H and O–H groups in total. The summed E-state index contributed by atoms with van der Waals surface area (Å²) in [5.74, 6) is -0.409. The number of hydrogen-bond donors (Lipinski definition) is 2. The van der Waals surface area contributed by atoms with Crippen molar-refractivity contribution < 1.29 is 18.7 Å². The maximum Gasteiger partial charge on any atom is 0.238 e. The second kappa shape index (κ2) is 11.8. The van der Waals surface area contributed by atoms with Crippen LogP contribution < -0.4 is 15.5 Å². The molecule has 0 spiro atoms. The number of anilines is 2. The molecule has 4 rings (SSSR count). The minimum atomic E-state index is -0.259. The molecule has 0 aromatic heterocycles. The molecule has 2 atom stereocenters. The van der Waals surface area contributed by atoms with E-state index in [0.717, 1.165) is 30.0 Å². The summed E-state index contributed by atoms with van der Waals surface area (Å²) in [5.41, 5.74) is 3.25. The van der Waals surface area contributed by atoms with Crippen LogP contribution in [-0.2, 0) is 20.9 Å². The van der Waals surface area contributed by atoms with E-state index in [1.165, 1.54) is 6.07 Å². The molecule has 2 aliphatic heterocycles. The van der Waals surface area contributed by atoms with Gasteiger partial charge >= 0.3 is 0 Å². The monoisotopic (exact) mass is 496 g/mol. The Hall–Kier alpha value is -2.97. The Balaban J connectivity index is 1.18. The highest BCUT2D eigenvalue weighted by molar-refractivity contribution is 5.92. The van der Waals surface area contributed by atoms with Crippen LogP contribution in [0, 0.1) is 18.7 Å². The van der Waals surface area contributed by atoms with Crippen LogP contribution in [0.1, 0.15) is 37.8 Å². The number of amides is 2. The number of hydrogen-bond acceptors (Lipinski definition) is 5. The number of aryl methyl sites for hydroxylation is 1. The maximum atomic E-state index is 13.7. The lowest BCUT2D eigenvalue weighted by Gasteiger charge is -2.36. The number of nitrogens with zero attached hydrogens (tertiary/aromatic N) is 2. The molecule has 2 fully saturated rings. The third kappa shape index (κ3) is 7.04. The molecule has 7 nitrogen and oxygen atoms in total. The Labute approximate surface area is 213 Å². The van der Waals surface area contributed by atoms with E-state index in [1.54, 1.807) is 13.0 Å². The van der Waals surface area contributed by atoms with Gasteiger partial charge in [0, 0.05) is 36.9 Å². The Kier molecular flexibility index (Phi) is 8.59. The van der Waals surface area contributed by atoms with Gasteiger partial charge in [0.2, 0.25) is 11.8 Å². The van der Waals surface area contributed by atoms with Gasteiger partial charge in [-0.25, -0.2) is 4.39 Å². The molecule has 2 aromatic carbocycles. The zero-order valence-corrected chi connectivity index (χ0v) is 21.4. The smallest absolute Gasteiger partial charge is 0.238 e. The van der Waals surface area contributed by atoms with E-state index in [9.17, 15) is 14.0 Å². The highest BCUT2D eigenvalue weighted by Gasteiger charge is 2.26. The van der Waals surface area contributed by atoms with Crippen molar-refractivity contribution in [3.05, 3.63) is 59.4 Å². The van der Waals surface area contributed by atoms with Crippen LogP contribution in [0.3, 0.4) is 0 Å². The fraction of sp³-hybridized carbons (Fsp3) is 0.500. The molecule has 0 radical (unpaired) electrons. The summed E-state index contributed by atoms with van der Waals surface area (Å²) in [6, 6.07) is 13.0. The van der Waals surface area contributed by atoms with Gasteiger partial charge in [0.25, 0.3) is 0 Å². The number of rotatable bonds is 7. The van der Waals surface area contributed by atoms with Gasteiger partial charge in [-0.05, 0) is 88.2 Å². The Morgan fingerprint density at radius 3 is 2.33 bits per heavy atom. The van der Waals surface area contributed by atoms with Crippen LogP contribution in [0.25, 0.3) is 0 Å². The number of halogens is 1. The number of nitrogens with one attached hydrogen (secondary N) is 2. The van der Waals surface area contributed by atoms with E-state index in [0.29, 0.717) is 44.6 Å². The molecule has 2 aliphatic rings. The molecule has 2 amide bonds. The Morgan fingerprint density at radius 2 is 1.69 bits per heavy atom. The highest BCUT2D eigenvalue weighted by Crippen LogP contribution is 2.23. The Bertz CT molecular complexity index is 1040. The predicted octanol–water partition coefficient (Wildman–Crippen LogP) is 3.71. The fourth-order valence-corrected chi connectivity index (χ4v) is 4.98. The number of likely N-dealkylation sites (tertiary alicyclic amines) is 1. The van der Waals surface area contributed by atoms with Crippen molar-refractivity contribution in [1.29, 1.82) is 0 Å². The van der Waals surface area contributed by atoms with Gasteiger partial charge in [0.05, 0.1) is 18.8 Å². The van der Waals surface area contributed by atoms with Crippen molar-refractivity contribution in [3.63, 3.8) is 0 Å². The summed E-state index contributed by atoms with van der Waals surface area (Å²) in [6.45, 7) is 9.60. The second-order valence-electron chi connectivity index (χ2n) is 10.1. The van der Waals surface area contributed by atoms with Crippen LogP contribution in [0.15, 0.2) is 42.5 Å². The molecule has 0 bridgehead atoms. The van der Waals surface area contributed by atoms with Crippen LogP contribution in [0.5, 0.6) is 0 Å². The summed E-state index contributed by atoms with van der Waals surface area (Å²) in [7, 11) is 0. The van der Waals surface area contributed by atoms with E-state index in [2.05, 4.69) is 34.3 Å². The summed E-state index contributed by atoms with van der Waals surface area (Å²) in [5, 5.41) is 5.91. The molecule has 36 heavy (non-hydrogen) atoms.